The average molecular weight is 146 g/mol. The Kier molecular flexibility index (Phi) is 3.49. The summed E-state index contributed by atoms with van der Waals surface area (Å²) in [6, 6.07) is 0. The van der Waals surface area contributed by atoms with Crippen molar-refractivity contribution in [1.82, 2.24) is 0 Å². The van der Waals surface area contributed by atoms with Gasteiger partial charge in [-0.2, -0.15) is 0 Å². The number of allylic oxidation sites excluding steroid dienone is 1. The highest BCUT2D eigenvalue weighted by Crippen LogP contribution is 2.03. The molecule has 4 nitrogen and oxygen atoms in total. The number of aldehydes is 1. The minimum atomic E-state index is -0.686. The van der Waals surface area contributed by atoms with Crippen molar-refractivity contribution >= 4 is 6.29 Å². The fraction of sp³-hybridized carbons (Fsp3) is 0.500. The van der Waals surface area contributed by atoms with Crippen LogP contribution in [0.3, 0.4) is 0 Å². The SMILES string of the molecule is COC(C)/C(O)=C(/O)C=O. The van der Waals surface area contributed by atoms with Gasteiger partial charge in [-0.05, 0) is 6.92 Å². The molecule has 0 spiro atoms. The molecule has 1 unspecified atom stereocenters. The second-order valence-corrected chi connectivity index (χ2v) is 1.77. The van der Waals surface area contributed by atoms with Gasteiger partial charge < -0.3 is 14.9 Å². The monoisotopic (exact) mass is 146 g/mol. The van der Waals surface area contributed by atoms with Gasteiger partial charge in [-0.1, -0.05) is 0 Å². The van der Waals surface area contributed by atoms with E-state index in [4.69, 9.17) is 10.2 Å². The van der Waals surface area contributed by atoms with E-state index in [2.05, 4.69) is 4.74 Å². The Balaban J connectivity index is 4.29. The Morgan fingerprint density at radius 3 is 2.40 bits per heavy atom. The minimum Gasteiger partial charge on any atom is -0.506 e. The zero-order chi connectivity index (χ0) is 8.15. The van der Waals surface area contributed by atoms with E-state index in [-0.39, 0.29) is 6.29 Å². The van der Waals surface area contributed by atoms with Crippen molar-refractivity contribution in [1.29, 1.82) is 0 Å². The van der Waals surface area contributed by atoms with Crippen molar-refractivity contribution in [3.8, 4) is 0 Å². The van der Waals surface area contributed by atoms with Crippen LogP contribution in [0.2, 0.25) is 0 Å². The van der Waals surface area contributed by atoms with Crippen molar-refractivity contribution in [2.24, 2.45) is 0 Å². The summed E-state index contributed by atoms with van der Waals surface area (Å²) in [5, 5.41) is 17.5. The van der Waals surface area contributed by atoms with E-state index in [9.17, 15) is 4.79 Å². The van der Waals surface area contributed by atoms with E-state index in [0.29, 0.717) is 0 Å². The number of rotatable bonds is 3. The summed E-state index contributed by atoms with van der Waals surface area (Å²) in [6.07, 6.45) is -0.490. The predicted molar refractivity (Wildman–Crippen MR) is 34.8 cm³/mol. The van der Waals surface area contributed by atoms with E-state index >= 15 is 0 Å². The van der Waals surface area contributed by atoms with Gasteiger partial charge >= 0.3 is 0 Å². The Morgan fingerprint density at radius 1 is 1.60 bits per heavy atom. The van der Waals surface area contributed by atoms with E-state index in [1.165, 1.54) is 14.0 Å². The lowest BCUT2D eigenvalue weighted by molar-refractivity contribution is -0.107. The summed E-state index contributed by atoms with van der Waals surface area (Å²) in [5.41, 5.74) is 0. The van der Waals surface area contributed by atoms with E-state index < -0.39 is 17.6 Å². The van der Waals surface area contributed by atoms with Gasteiger partial charge in [0.1, 0.15) is 6.10 Å². The topological polar surface area (TPSA) is 66.8 Å². The van der Waals surface area contributed by atoms with Crippen molar-refractivity contribution in [2.75, 3.05) is 7.11 Å². The molecule has 0 aliphatic rings. The number of aliphatic hydroxyl groups is 2. The van der Waals surface area contributed by atoms with Crippen LogP contribution in [-0.2, 0) is 9.53 Å². The number of carbonyl (C=O) groups is 1. The summed E-state index contributed by atoms with van der Waals surface area (Å²) in [7, 11) is 1.36. The third-order valence-electron chi connectivity index (χ3n) is 1.11. The molecule has 10 heavy (non-hydrogen) atoms. The quantitative estimate of drug-likeness (QED) is 0.346. The largest absolute Gasteiger partial charge is 0.506 e. The molecular weight excluding hydrogens is 136 g/mol. The number of carbonyl (C=O) groups excluding carboxylic acids is 1. The first-order valence-electron chi connectivity index (χ1n) is 2.73. The first-order chi connectivity index (χ1) is 4.63. The third kappa shape index (κ3) is 2.06. The summed E-state index contributed by atoms with van der Waals surface area (Å²) in [6.45, 7) is 1.51. The second-order valence-electron chi connectivity index (χ2n) is 1.77. The maximum absolute atomic E-state index is 9.84. The number of methoxy groups -OCH3 is 1. The van der Waals surface area contributed by atoms with E-state index in [0.717, 1.165) is 0 Å². The molecule has 0 saturated heterocycles. The molecule has 0 aliphatic heterocycles. The highest BCUT2D eigenvalue weighted by atomic mass is 16.5. The summed E-state index contributed by atoms with van der Waals surface area (Å²) in [4.78, 5) is 9.84. The highest BCUT2D eigenvalue weighted by molar-refractivity contribution is 5.70. The predicted octanol–water partition coefficient (Wildman–Crippen LogP) is 0.548. The minimum absolute atomic E-state index is 0.158. The van der Waals surface area contributed by atoms with Gasteiger partial charge in [0.2, 0.25) is 0 Å². The van der Waals surface area contributed by atoms with E-state index in [1.54, 1.807) is 0 Å². The molecule has 0 fully saturated rings. The molecule has 0 aromatic heterocycles. The van der Waals surface area contributed by atoms with Gasteiger partial charge in [0, 0.05) is 7.11 Å². The summed E-state index contributed by atoms with van der Waals surface area (Å²) in [5.74, 6) is -1.13. The number of ether oxygens (including phenoxy) is 1. The average Bonchev–Trinajstić information content (AvgIpc) is 2.00. The molecule has 0 saturated carbocycles. The van der Waals surface area contributed by atoms with Crippen LogP contribution in [0, 0.1) is 0 Å². The molecule has 0 radical (unpaired) electrons. The molecular formula is C6H10O4. The molecule has 58 valence electrons. The fourth-order valence-electron chi connectivity index (χ4n) is 0.380. The molecule has 4 heteroatoms. The molecule has 1 atom stereocenters. The van der Waals surface area contributed by atoms with Crippen LogP contribution < -0.4 is 0 Å². The van der Waals surface area contributed by atoms with Gasteiger partial charge in [-0.15, -0.1) is 0 Å². The second kappa shape index (κ2) is 3.90. The van der Waals surface area contributed by atoms with Crippen molar-refractivity contribution in [2.45, 2.75) is 13.0 Å². The van der Waals surface area contributed by atoms with Crippen molar-refractivity contribution < 1.29 is 19.7 Å². The summed E-state index contributed by atoms with van der Waals surface area (Å²) < 4.78 is 4.61. The number of hydrogen-bond acceptors (Lipinski definition) is 4. The van der Waals surface area contributed by atoms with Gasteiger partial charge in [-0.3, -0.25) is 4.79 Å². The zero-order valence-corrected chi connectivity index (χ0v) is 5.87. The maximum atomic E-state index is 9.84. The van der Waals surface area contributed by atoms with Crippen LogP contribution >= 0.6 is 0 Å². The fourth-order valence-corrected chi connectivity index (χ4v) is 0.380. The van der Waals surface area contributed by atoms with Crippen LogP contribution in [0.15, 0.2) is 11.5 Å². The number of hydrogen-bond donors (Lipinski definition) is 2. The lowest BCUT2D eigenvalue weighted by Gasteiger charge is -2.07. The zero-order valence-electron chi connectivity index (χ0n) is 5.87. The molecule has 2 N–H and O–H groups in total. The Bertz CT molecular complexity index is 150. The van der Waals surface area contributed by atoms with Crippen LogP contribution in [0.1, 0.15) is 6.92 Å². The lowest BCUT2D eigenvalue weighted by atomic mass is 10.3. The van der Waals surface area contributed by atoms with Gasteiger partial charge in [0.05, 0.1) is 0 Å². The normalized spacial score (nSPS) is 15.8. The maximum Gasteiger partial charge on any atom is 0.196 e. The Morgan fingerprint density at radius 2 is 2.10 bits per heavy atom. The molecule has 0 bridgehead atoms. The van der Waals surface area contributed by atoms with Crippen LogP contribution in [0.5, 0.6) is 0 Å². The Labute approximate surface area is 58.7 Å². The van der Waals surface area contributed by atoms with Crippen LogP contribution in [-0.4, -0.2) is 29.7 Å². The Hall–Kier alpha value is -1.03. The van der Waals surface area contributed by atoms with E-state index in [1.807, 2.05) is 0 Å². The molecule has 0 aliphatic carbocycles. The first-order valence-corrected chi connectivity index (χ1v) is 2.73. The van der Waals surface area contributed by atoms with Gasteiger partial charge in [-0.25, -0.2) is 0 Å². The molecule has 0 heterocycles. The van der Waals surface area contributed by atoms with Crippen LogP contribution in [0.25, 0.3) is 0 Å². The van der Waals surface area contributed by atoms with Gasteiger partial charge in [0.15, 0.2) is 17.8 Å². The van der Waals surface area contributed by atoms with Gasteiger partial charge in [0.25, 0.3) is 0 Å². The molecule has 0 aromatic carbocycles. The smallest absolute Gasteiger partial charge is 0.196 e. The molecule has 0 rings (SSSR count). The number of aliphatic hydroxyl groups excluding tert-OH is 2. The van der Waals surface area contributed by atoms with Crippen molar-refractivity contribution in [3.05, 3.63) is 11.5 Å². The highest BCUT2D eigenvalue weighted by Gasteiger charge is 2.10. The standard InChI is InChI=1S/C6H10O4/c1-4(10-2)6(9)5(8)3-7/h3-4,8-9H,1-2H3/b6-5-. The molecule has 0 amide bonds. The lowest BCUT2D eigenvalue weighted by Crippen LogP contribution is -2.11. The van der Waals surface area contributed by atoms with Crippen LogP contribution in [0.4, 0.5) is 0 Å². The van der Waals surface area contributed by atoms with Crippen molar-refractivity contribution in [3.63, 3.8) is 0 Å². The third-order valence-corrected chi connectivity index (χ3v) is 1.11. The molecule has 0 aromatic rings. The summed E-state index contributed by atoms with van der Waals surface area (Å²) >= 11 is 0. The first kappa shape index (κ1) is 8.97.